The van der Waals surface area contributed by atoms with E-state index in [9.17, 15) is 19.0 Å². The standard InChI is InChI=1S/C17H29N2O7P/c1-16(2,3)10-12-11(25-27(22,23)26-17(4,5)6)9-14(24-12)19-8-7-13(20)18-15(19)21/h7-8,11-12,14H,9-10H2,1-6H3,(H,22,23)(H,18,20,21)/t11?,12-,14-/m1/s1. The highest BCUT2D eigenvalue weighted by atomic mass is 31.2. The number of phosphoric acid groups is 1. The van der Waals surface area contributed by atoms with Crippen LogP contribution in [0.2, 0.25) is 0 Å². The van der Waals surface area contributed by atoms with E-state index in [2.05, 4.69) is 4.98 Å². The Morgan fingerprint density at radius 1 is 1.30 bits per heavy atom. The highest BCUT2D eigenvalue weighted by Crippen LogP contribution is 2.51. The van der Waals surface area contributed by atoms with Crippen molar-refractivity contribution in [2.24, 2.45) is 5.41 Å². The monoisotopic (exact) mass is 404 g/mol. The van der Waals surface area contributed by atoms with E-state index >= 15 is 0 Å². The predicted molar refractivity (Wildman–Crippen MR) is 99.5 cm³/mol. The fourth-order valence-corrected chi connectivity index (χ4v) is 4.26. The highest BCUT2D eigenvalue weighted by molar-refractivity contribution is 7.47. The van der Waals surface area contributed by atoms with Gasteiger partial charge >= 0.3 is 13.5 Å². The lowest BCUT2D eigenvalue weighted by Gasteiger charge is -2.29. The third kappa shape index (κ3) is 6.69. The Morgan fingerprint density at radius 2 is 1.93 bits per heavy atom. The maximum absolute atomic E-state index is 12.4. The van der Waals surface area contributed by atoms with Gasteiger partial charge in [-0.05, 0) is 32.6 Å². The molecule has 0 amide bonds. The minimum Gasteiger partial charge on any atom is -0.352 e. The summed E-state index contributed by atoms with van der Waals surface area (Å²) in [6.07, 6.45) is 0.0736. The fourth-order valence-electron chi connectivity index (χ4n) is 2.96. The Labute approximate surface area is 158 Å². The summed E-state index contributed by atoms with van der Waals surface area (Å²) in [4.78, 5) is 35.6. The molecular weight excluding hydrogens is 375 g/mol. The van der Waals surface area contributed by atoms with Crippen LogP contribution in [0, 0.1) is 5.41 Å². The second-order valence-corrected chi connectivity index (χ2v) is 10.3. The van der Waals surface area contributed by atoms with Gasteiger partial charge in [0.1, 0.15) is 6.23 Å². The second-order valence-electron chi connectivity index (χ2n) is 8.96. The van der Waals surface area contributed by atoms with Gasteiger partial charge in [0.25, 0.3) is 5.56 Å². The molecule has 1 fully saturated rings. The molecule has 0 radical (unpaired) electrons. The van der Waals surface area contributed by atoms with Crippen LogP contribution in [0.4, 0.5) is 0 Å². The van der Waals surface area contributed by atoms with E-state index in [4.69, 9.17) is 13.8 Å². The van der Waals surface area contributed by atoms with Crippen LogP contribution in [0.5, 0.6) is 0 Å². The van der Waals surface area contributed by atoms with Crippen molar-refractivity contribution >= 4 is 7.82 Å². The van der Waals surface area contributed by atoms with E-state index < -0.39 is 43.1 Å². The van der Waals surface area contributed by atoms with Crippen molar-refractivity contribution in [2.45, 2.75) is 78.4 Å². The van der Waals surface area contributed by atoms with E-state index in [1.807, 2.05) is 20.8 Å². The Bertz CT molecular complexity index is 818. The lowest BCUT2D eigenvalue weighted by Crippen LogP contribution is -2.31. The van der Waals surface area contributed by atoms with Gasteiger partial charge < -0.3 is 9.63 Å². The number of hydrogen-bond acceptors (Lipinski definition) is 6. The number of nitrogens with zero attached hydrogens (tertiary/aromatic N) is 1. The third-order valence-corrected chi connectivity index (χ3v) is 5.13. The molecule has 10 heteroatoms. The second kappa shape index (κ2) is 7.64. The van der Waals surface area contributed by atoms with Crippen LogP contribution in [-0.2, 0) is 18.3 Å². The number of nitrogens with one attached hydrogen (secondary N) is 1. The number of hydrogen-bond donors (Lipinski definition) is 2. The van der Waals surface area contributed by atoms with Crippen molar-refractivity contribution < 1.29 is 23.2 Å². The van der Waals surface area contributed by atoms with E-state index in [-0.39, 0.29) is 11.8 Å². The number of aromatic amines is 1. The molecule has 2 rings (SSSR count). The molecule has 1 saturated heterocycles. The highest BCUT2D eigenvalue weighted by Gasteiger charge is 2.44. The van der Waals surface area contributed by atoms with Crippen LogP contribution in [0.15, 0.2) is 21.9 Å². The molecule has 9 nitrogen and oxygen atoms in total. The van der Waals surface area contributed by atoms with Crippen molar-refractivity contribution in [3.05, 3.63) is 33.1 Å². The Kier molecular flexibility index (Phi) is 6.24. The maximum atomic E-state index is 12.4. The van der Waals surface area contributed by atoms with Crippen molar-refractivity contribution in [1.29, 1.82) is 0 Å². The van der Waals surface area contributed by atoms with Gasteiger partial charge in [0.2, 0.25) is 0 Å². The summed E-state index contributed by atoms with van der Waals surface area (Å²) in [6, 6.07) is 1.22. The topological polar surface area (TPSA) is 120 Å². The first-order chi connectivity index (χ1) is 12.2. The molecule has 4 atom stereocenters. The van der Waals surface area contributed by atoms with Crippen LogP contribution in [0.25, 0.3) is 0 Å². The number of ether oxygens (including phenoxy) is 1. The first-order valence-electron chi connectivity index (χ1n) is 8.84. The average Bonchev–Trinajstić information content (AvgIpc) is 2.75. The summed E-state index contributed by atoms with van der Waals surface area (Å²) < 4.78 is 30.2. The van der Waals surface area contributed by atoms with E-state index in [1.165, 1.54) is 16.8 Å². The van der Waals surface area contributed by atoms with E-state index in [0.29, 0.717) is 6.42 Å². The first kappa shape index (κ1) is 22.0. The van der Waals surface area contributed by atoms with E-state index in [1.54, 1.807) is 20.8 Å². The van der Waals surface area contributed by atoms with Crippen LogP contribution in [0.3, 0.4) is 0 Å². The van der Waals surface area contributed by atoms with Crippen molar-refractivity contribution in [2.75, 3.05) is 0 Å². The molecule has 2 unspecified atom stereocenters. The molecule has 0 saturated carbocycles. The van der Waals surface area contributed by atoms with Gasteiger partial charge in [0.05, 0.1) is 17.8 Å². The predicted octanol–water partition coefficient (Wildman–Crippen LogP) is 2.56. The molecule has 0 spiro atoms. The molecule has 1 aliphatic rings. The molecule has 154 valence electrons. The normalized spacial score (nSPS) is 26.1. The number of aromatic nitrogens is 2. The molecule has 1 aromatic rings. The van der Waals surface area contributed by atoms with Gasteiger partial charge in [-0.25, -0.2) is 9.36 Å². The number of rotatable bonds is 5. The Morgan fingerprint density at radius 3 is 2.44 bits per heavy atom. The van der Waals surface area contributed by atoms with Gasteiger partial charge in [0, 0.05) is 18.7 Å². The average molecular weight is 404 g/mol. The van der Waals surface area contributed by atoms with E-state index in [0.717, 1.165) is 0 Å². The Hall–Kier alpha value is -1.25. The lowest BCUT2D eigenvalue weighted by atomic mass is 9.87. The summed E-state index contributed by atoms with van der Waals surface area (Å²) in [5.41, 5.74) is -2.12. The quantitative estimate of drug-likeness (QED) is 0.724. The van der Waals surface area contributed by atoms with Crippen molar-refractivity contribution in [3.8, 4) is 0 Å². The molecule has 1 aliphatic heterocycles. The Balaban J connectivity index is 2.26. The lowest BCUT2D eigenvalue weighted by molar-refractivity contribution is -0.0427. The van der Waals surface area contributed by atoms with Crippen molar-refractivity contribution in [3.63, 3.8) is 0 Å². The van der Waals surface area contributed by atoms with Crippen LogP contribution in [0.1, 0.15) is 60.6 Å². The summed E-state index contributed by atoms with van der Waals surface area (Å²) >= 11 is 0. The SMILES string of the molecule is CC(C)(C)C[C@H]1O[C@@H](n2ccc(=O)[nH]c2=O)CC1OP(=O)(O)OC(C)(C)C. The summed E-state index contributed by atoms with van der Waals surface area (Å²) in [7, 11) is -4.33. The molecular formula is C17H29N2O7P. The summed E-state index contributed by atoms with van der Waals surface area (Å²) in [5.74, 6) is 0. The summed E-state index contributed by atoms with van der Waals surface area (Å²) in [6.45, 7) is 11.0. The van der Waals surface area contributed by atoms with Gasteiger partial charge in [0.15, 0.2) is 0 Å². The van der Waals surface area contributed by atoms with Crippen LogP contribution in [-0.4, -0.2) is 32.3 Å². The molecule has 0 bridgehead atoms. The molecule has 1 aromatic heterocycles. The smallest absolute Gasteiger partial charge is 0.352 e. The largest absolute Gasteiger partial charge is 0.473 e. The van der Waals surface area contributed by atoms with Gasteiger partial charge in [-0.3, -0.25) is 23.4 Å². The molecule has 0 aromatic carbocycles. The van der Waals surface area contributed by atoms with Crippen LogP contribution >= 0.6 is 7.82 Å². The minimum atomic E-state index is -4.33. The molecule has 0 aliphatic carbocycles. The first-order valence-corrected chi connectivity index (χ1v) is 10.3. The molecule has 2 N–H and O–H groups in total. The summed E-state index contributed by atoms with van der Waals surface area (Å²) in [5, 5.41) is 0. The zero-order valence-corrected chi connectivity index (χ0v) is 17.5. The van der Waals surface area contributed by atoms with Gasteiger partial charge in [-0.1, -0.05) is 20.8 Å². The van der Waals surface area contributed by atoms with Crippen LogP contribution < -0.4 is 11.2 Å². The maximum Gasteiger partial charge on any atom is 0.473 e. The van der Waals surface area contributed by atoms with Gasteiger partial charge in [-0.15, -0.1) is 0 Å². The molecule has 27 heavy (non-hydrogen) atoms. The number of phosphoric ester groups is 1. The van der Waals surface area contributed by atoms with Crippen molar-refractivity contribution in [1.82, 2.24) is 9.55 Å². The minimum absolute atomic E-state index is 0.137. The van der Waals surface area contributed by atoms with Gasteiger partial charge in [-0.2, -0.15) is 0 Å². The zero-order valence-electron chi connectivity index (χ0n) is 16.6. The fraction of sp³-hybridized carbons (Fsp3) is 0.765. The number of H-pyrrole nitrogens is 1. The zero-order chi connectivity index (χ0) is 20.6. The third-order valence-electron chi connectivity index (χ3n) is 3.81. The molecule has 2 heterocycles.